The number of nitrogens with one attached hydrogen (secondary N) is 8. The van der Waals surface area contributed by atoms with Crippen molar-refractivity contribution in [1.82, 2.24) is 184 Å². The molecule has 0 amide bonds. The predicted molar refractivity (Wildman–Crippen MR) is 263 cm³/mol. The average Bonchev–Trinajstić information content (AvgIpc) is 4.54. The van der Waals surface area contributed by atoms with Crippen LogP contribution in [0.15, 0.2) is 25.2 Å². The molecular weight excluding hydrogens is 1200 g/mol. The average molecular weight is 1250 g/mol. The summed E-state index contributed by atoms with van der Waals surface area (Å²) >= 11 is 0. The quantitative estimate of drug-likeness (QED) is 0.0335. The van der Waals surface area contributed by atoms with E-state index in [4.69, 9.17) is 50.8 Å². The van der Waals surface area contributed by atoms with Crippen LogP contribution in [0.3, 0.4) is 0 Å². The van der Waals surface area contributed by atoms with E-state index >= 15 is 0 Å². The van der Waals surface area contributed by atoms with Gasteiger partial charge in [-0.3, -0.25) is 25.0 Å². The van der Waals surface area contributed by atoms with E-state index in [2.05, 4.69) is 169 Å². The number of carboxylic acid groups (broad SMARTS) is 7. The largest absolute Gasteiger partial charge is 0.481 e. The SMILES string of the molecule is C1CCc2nnnn2CC1.COCc1nn[nH]n1.Cc1nn[nH]n1.O=C(O)CC(O)c1nn[nH]n1.O=C(O)Cc1ncn[nH]1.O=C(O)c1cn[nH]n1.O=C(O)c1n[nH]c(C(=O)O)n1.O=C(O)c1n[nH]nc1C(=O)O.OOCCn1cnnn1.c1nn[nH]n1. The number of aromatic nitrogens is 36. The van der Waals surface area contributed by atoms with Crippen LogP contribution >= 0.6 is 0 Å². The summed E-state index contributed by atoms with van der Waals surface area (Å²) in [5.41, 5.74) is -1.24. The van der Waals surface area contributed by atoms with Gasteiger partial charge in [0, 0.05) is 20.1 Å². The third kappa shape index (κ3) is 31.4. The summed E-state index contributed by atoms with van der Waals surface area (Å²) in [5.74, 6) is -7.00. The summed E-state index contributed by atoms with van der Waals surface area (Å²) in [6.45, 7) is 3.84. The van der Waals surface area contributed by atoms with Crippen LogP contribution in [0.5, 0.6) is 0 Å². The van der Waals surface area contributed by atoms with Gasteiger partial charge in [-0.1, -0.05) is 27.3 Å². The minimum Gasteiger partial charge on any atom is -0.481 e. The van der Waals surface area contributed by atoms with E-state index in [1.54, 1.807) is 14.0 Å². The molecule has 1 aliphatic heterocycles. The first-order valence-corrected chi connectivity index (χ1v) is 23.1. The number of carbonyl (C=O) groups is 7. The minimum atomic E-state index is -1.42. The minimum absolute atomic E-state index is 0.00704. The maximum absolute atomic E-state index is 10.2. The third-order valence-electron chi connectivity index (χ3n) is 8.34. The molecule has 0 bridgehead atoms. The van der Waals surface area contributed by atoms with Gasteiger partial charge in [0.2, 0.25) is 23.0 Å². The van der Waals surface area contributed by atoms with E-state index < -0.39 is 77.3 Å². The first kappa shape index (κ1) is 71.2. The number of aromatic amines is 8. The Kier molecular flexibility index (Phi) is 34.0. The van der Waals surface area contributed by atoms with E-state index in [1.165, 1.54) is 42.9 Å². The summed E-state index contributed by atoms with van der Waals surface area (Å²) in [7, 11) is 1.58. The van der Waals surface area contributed by atoms with Crippen LogP contribution in [0.2, 0.25) is 0 Å². The molecule has 0 saturated heterocycles. The Hall–Kier alpha value is -12.9. The molecule has 11 rings (SSSR count). The lowest BCUT2D eigenvalue weighted by Gasteiger charge is -1.99. The van der Waals surface area contributed by atoms with Gasteiger partial charge >= 0.3 is 41.8 Å². The van der Waals surface area contributed by atoms with Crippen molar-refractivity contribution in [1.29, 1.82) is 0 Å². The molecule has 17 N–H and O–H groups in total. The van der Waals surface area contributed by atoms with Gasteiger partial charge in [-0.05, 0) is 40.6 Å². The Labute approximate surface area is 482 Å². The predicted octanol–water partition coefficient (Wildman–Crippen LogP) is -6.34. The van der Waals surface area contributed by atoms with Crippen molar-refractivity contribution in [2.24, 2.45) is 0 Å². The highest BCUT2D eigenvalue weighted by Crippen LogP contribution is 2.10. The second-order valence-electron chi connectivity index (χ2n) is 14.6. The smallest absolute Gasteiger partial charge is 0.375 e. The standard InChI is InChI=1S/C6H10N4.C4H6N4O3.2C4H3N3O4.C4H5N3O2.C3H6N4O2.C3H6N4O.C3H3N3O2.C2H4N4.CH2N4/c1-2-4-6-7-8-9-10(6)5-3-1;9-2(1-3(10)11)4-5-7-8-6-4;8-3(9)1-5-2(4(10)11)7-6-1;8-3(9)1-2(4(10)11)6-7-5-1;8-4(9)1-3-5-2-6-7-3;8-9-2-1-7-3-4-5-6-7;1-8-2-3-4-6-7-5-3;7-3(8)2-1-4-6-5-2;1-2-3-5-6-4-2;1-2-4-5-3-1/h1-5H2;2,9H,1H2,(H,10,11)(H,5,6,7,8);2*(H,8,9)(H,10,11)(H,5,6,7);2H,1H2,(H,8,9)(H,5,6,7);3,8H,1-2H2;2H2,1H3,(H,4,5,6,7);1H,(H,7,8)(H,4,5,6);1H3,(H,3,4,5,6);1H,(H,2,3,4,5). The molecule has 0 aromatic carbocycles. The molecule has 1 atom stereocenters. The lowest BCUT2D eigenvalue weighted by Crippen LogP contribution is -2.07. The Morgan fingerprint density at radius 3 is 1.80 bits per heavy atom. The number of aryl methyl sites for hydroxylation is 3. The molecular formula is C34H48N36O18. The molecule has 0 spiro atoms. The van der Waals surface area contributed by atoms with Crippen LogP contribution in [0.1, 0.15) is 114 Å². The number of hydrogen-bond donors (Lipinski definition) is 17. The second-order valence-corrected chi connectivity index (χ2v) is 14.6. The highest BCUT2D eigenvalue weighted by atomic mass is 17.1. The maximum atomic E-state index is 10.2. The number of rotatable bonds is 15. The van der Waals surface area contributed by atoms with Crippen LogP contribution in [-0.2, 0) is 51.8 Å². The van der Waals surface area contributed by atoms with Crippen molar-refractivity contribution in [3.63, 3.8) is 0 Å². The number of nitrogens with zero attached hydrogens (tertiary/aromatic N) is 28. The molecule has 54 nitrogen and oxygen atoms in total. The Morgan fingerprint density at radius 1 is 0.648 bits per heavy atom. The van der Waals surface area contributed by atoms with Crippen molar-refractivity contribution in [3.8, 4) is 0 Å². The van der Waals surface area contributed by atoms with Crippen molar-refractivity contribution < 1.29 is 89.3 Å². The van der Waals surface area contributed by atoms with Crippen molar-refractivity contribution >= 4 is 41.8 Å². The molecule has 1 aliphatic rings. The summed E-state index contributed by atoms with van der Waals surface area (Å²) in [4.78, 5) is 81.1. The molecule has 10 aromatic rings. The Bertz CT molecular complexity index is 3290. The number of aliphatic hydroxyl groups excluding tert-OH is 1. The van der Waals surface area contributed by atoms with Crippen molar-refractivity contribution in [2.45, 2.75) is 71.2 Å². The van der Waals surface area contributed by atoms with Crippen LogP contribution in [0, 0.1) is 6.92 Å². The fourth-order valence-electron chi connectivity index (χ4n) is 4.74. The third-order valence-corrected chi connectivity index (χ3v) is 8.34. The van der Waals surface area contributed by atoms with Crippen LogP contribution in [0.25, 0.3) is 0 Å². The van der Waals surface area contributed by atoms with Gasteiger partial charge in [0.25, 0.3) is 5.82 Å². The van der Waals surface area contributed by atoms with E-state index in [1.807, 2.05) is 15.0 Å². The van der Waals surface area contributed by atoms with Gasteiger partial charge in [-0.15, -0.1) is 71.4 Å². The molecule has 0 saturated carbocycles. The number of aliphatic hydroxyl groups is 1. The van der Waals surface area contributed by atoms with Crippen molar-refractivity contribution in [2.75, 3.05) is 13.7 Å². The van der Waals surface area contributed by atoms with E-state index in [0.717, 1.165) is 25.0 Å². The van der Waals surface area contributed by atoms with Crippen LogP contribution in [-0.4, -0.2) is 286 Å². The normalized spacial score (nSPS) is 10.7. The number of hydrogen-bond acceptors (Lipinski definition) is 37. The molecule has 54 heteroatoms. The van der Waals surface area contributed by atoms with Gasteiger partial charge in [0.15, 0.2) is 29.5 Å². The number of aromatic carboxylic acids is 5. The number of fused-ring (bicyclic) bond motifs is 1. The molecule has 11 heterocycles. The topological polar surface area (TPSA) is 791 Å². The van der Waals surface area contributed by atoms with E-state index in [0.29, 0.717) is 30.6 Å². The summed E-state index contributed by atoms with van der Waals surface area (Å²) in [6, 6.07) is 0. The molecule has 0 radical (unpaired) electrons. The van der Waals surface area contributed by atoms with E-state index in [9.17, 15) is 33.6 Å². The zero-order valence-electron chi connectivity index (χ0n) is 44.7. The second kappa shape index (κ2) is 42.0. The fraction of sp³-hybridized carbons (Fsp3) is 0.382. The molecule has 10 aromatic heterocycles. The van der Waals surface area contributed by atoms with Gasteiger partial charge in [-0.25, -0.2) is 43.2 Å². The number of methoxy groups -OCH3 is 1. The highest BCUT2D eigenvalue weighted by molar-refractivity contribution is 5.98. The van der Waals surface area contributed by atoms with Gasteiger partial charge < -0.3 is 45.6 Å². The first-order chi connectivity index (χ1) is 42.2. The number of carboxylic acids is 7. The van der Waals surface area contributed by atoms with Gasteiger partial charge in [0.1, 0.15) is 44.2 Å². The number of tetrazole rings is 6. The molecule has 88 heavy (non-hydrogen) atoms. The maximum Gasteiger partial charge on any atom is 0.375 e. The number of ether oxygens (including phenoxy) is 1. The van der Waals surface area contributed by atoms with E-state index in [-0.39, 0.29) is 24.5 Å². The molecule has 0 fully saturated rings. The fourth-order valence-corrected chi connectivity index (χ4v) is 4.74. The Balaban J connectivity index is 0.000000335. The lowest BCUT2D eigenvalue weighted by atomic mass is 10.2. The van der Waals surface area contributed by atoms with Gasteiger partial charge in [0.05, 0.1) is 19.2 Å². The van der Waals surface area contributed by atoms with Crippen LogP contribution in [0.4, 0.5) is 0 Å². The summed E-state index contributed by atoms with van der Waals surface area (Å²) < 4.78 is 8.07. The van der Waals surface area contributed by atoms with Crippen molar-refractivity contribution in [3.05, 3.63) is 83.0 Å². The summed E-state index contributed by atoms with van der Waals surface area (Å²) in [5, 5.41) is 174. The molecule has 1 unspecified atom stereocenters. The lowest BCUT2D eigenvalue weighted by molar-refractivity contribution is -0.244. The highest BCUT2D eigenvalue weighted by Gasteiger charge is 2.20. The number of H-pyrrole nitrogens is 8. The molecule has 0 aliphatic carbocycles. The monoisotopic (exact) mass is 1250 g/mol. The number of aliphatic carboxylic acids is 2. The zero-order chi connectivity index (χ0) is 64.9. The molecule has 472 valence electrons. The van der Waals surface area contributed by atoms with Crippen LogP contribution < -0.4 is 0 Å². The van der Waals surface area contributed by atoms with Gasteiger partial charge in [-0.2, -0.15) is 46.5 Å². The summed E-state index contributed by atoms with van der Waals surface area (Å²) in [6.07, 6.45) is 8.29. The first-order valence-electron chi connectivity index (χ1n) is 23.1. The Morgan fingerprint density at radius 2 is 1.36 bits per heavy atom. The zero-order valence-corrected chi connectivity index (χ0v) is 44.7.